The molecule has 1 amide bonds. The zero-order valence-corrected chi connectivity index (χ0v) is 42.0. The molecule has 4 nitrogen and oxygen atoms in total. The molecule has 0 rings (SSSR count). The summed E-state index contributed by atoms with van der Waals surface area (Å²) in [6.07, 6.45) is 69.8. The van der Waals surface area contributed by atoms with E-state index in [1.165, 1.54) is 283 Å². The molecule has 0 saturated heterocycles. The number of carbonyl (C=O) groups excluding carboxylic acids is 1. The SMILES string of the molecule is CCCCCCCCCCC/C=C/C(O)C(CO)NC(=O)CCCCCCCCCCCCCCCCCCCCCCCCCCCCCCCCCCCCCCCC. The molecule has 0 saturated carbocycles. The van der Waals surface area contributed by atoms with E-state index in [1.807, 2.05) is 6.08 Å². The van der Waals surface area contributed by atoms with Gasteiger partial charge in [-0.1, -0.05) is 315 Å². The van der Waals surface area contributed by atoms with Crippen LogP contribution in [0.1, 0.15) is 328 Å². The molecule has 0 aliphatic carbocycles. The normalized spacial score (nSPS) is 12.8. The van der Waals surface area contributed by atoms with E-state index in [9.17, 15) is 15.0 Å². The fraction of sp³-hybridized carbons (Fsp3) is 0.947. The van der Waals surface area contributed by atoms with Gasteiger partial charge in [0.2, 0.25) is 5.91 Å². The number of nitrogens with one attached hydrogen (secondary N) is 1. The highest BCUT2D eigenvalue weighted by Gasteiger charge is 2.18. The summed E-state index contributed by atoms with van der Waals surface area (Å²) >= 11 is 0. The Labute approximate surface area is 384 Å². The molecule has 0 heterocycles. The molecule has 61 heavy (non-hydrogen) atoms. The summed E-state index contributed by atoms with van der Waals surface area (Å²) in [7, 11) is 0. The Morgan fingerprint density at radius 2 is 0.607 bits per heavy atom. The van der Waals surface area contributed by atoms with E-state index < -0.39 is 12.1 Å². The first-order valence-corrected chi connectivity index (χ1v) is 28.4. The average Bonchev–Trinajstić information content (AvgIpc) is 3.26. The van der Waals surface area contributed by atoms with Gasteiger partial charge in [-0.3, -0.25) is 4.79 Å². The van der Waals surface area contributed by atoms with Crippen LogP contribution in [0.4, 0.5) is 0 Å². The minimum absolute atomic E-state index is 0.0585. The van der Waals surface area contributed by atoms with Crippen molar-refractivity contribution in [2.45, 2.75) is 341 Å². The topological polar surface area (TPSA) is 69.6 Å². The predicted molar refractivity (Wildman–Crippen MR) is 272 cm³/mol. The van der Waals surface area contributed by atoms with Gasteiger partial charge in [-0.05, 0) is 19.3 Å². The van der Waals surface area contributed by atoms with Gasteiger partial charge in [-0.25, -0.2) is 0 Å². The lowest BCUT2D eigenvalue weighted by Crippen LogP contribution is -2.45. The van der Waals surface area contributed by atoms with Crippen molar-refractivity contribution in [3.8, 4) is 0 Å². The molecule has 364 valence electrons. The van der Waals surface area contributed by atoms with Crippen molar-refractivity contribution in [3.05, 3.63) is 12.2 Å². The third-order valence-corrected chi connectivity index (χ3v) is 13.5. The fourth-order valence-corrected chi connectivity index (χ4v) is 9.18. The third-order valence-electron chi connectivity index (χ3n) is 13.5. The van der Waals surface area contributed by atoms with E-state index in [-0.39, 0.29) is 12.5 Å². The Bertz CT molecular complexity index is 844. The maximum atomic E-state index is 12.4. The highest BCUT2D eigenvalue weighted by Crippen LogP contribution is 2.18. The molecule has 0 fully saturated rings. The lowest BCUT2D eigenvalue weighted by Gasteiger charge is -2.20. The second-order valence-electron chi connectivity index (χ2n) is 19.7. The third kappa shape index (κ3) is 50.0. The number of allylic oxidation sites excluding steroid dienone is 1. The number of amides is 1. The van der Waals surface area contributed by atoms with E-state index in [0.29, 0.717) is 6.42 Å². The quantitative estimate of drug-likeness (QED) is 0.0421. The van der Waals surface area contributed by atoms with Gasteiger partial charge < -0.3 is 15.5 Å². The largest absolute Gasteiger partial charge is 0.394 e. The Balaban J connectivity index is 3.32. The van der Waals surface area contributed by atoms with Gasteiger partial charge in [0.25, 0.3) is 0 Å². The van der Waals surface area contributed by atoms with Crippen LogP contribution in [-0.4, -0.2) is 34.9 Å². The molecule has 0 spiro atoms. The van der Waals surface area contributed by atoms with Gasteiger partial charge in [0.05, 0.1) is 18.8 Å². The van der Waals surface area contributed by atoms with Crippen molar-refractivity contribution in [2.24, 2.45) is 0 Å². The lowest BCUT2D eigenvalue weighted by atomic mass is 10.0. The molecule has 0 aromatic rings. The van der Waals surface area contributed by atoms with Crippen molar-refractivity contribution < 1.29 is 15.0 Å². The van der Waals surface area contributed by atoms with Crippen LogP contribution < -0.4 is 5.32 Å². The van der Waals surface area contributed by atoms with Crippen molar-refractivity contribution >= 4 is 5.91 Å². The maximum absolute atomic E-state index is 12.4. The molecule has 0 radical (unpaired) electrons. The monoisotopic (exact) mass is 860 g/mol. The zero-order chi connectivity index (χ0) is 44.2. The molecule has 0 bridgehead atoms. The molecular formula is C57H113NO3. The minimum Gasteiger partial charge on any atom is -0.394 e. The zero-order valence-electron chi connectivity index (χ0n) is 42.0. The Morgan fingerprint density at radius 3 is 0.852 bits per heavy atom. The van der Waals surface area contributed by atoms with Crippen LogP contribution in [0.25, 0.3) is 0 Å². The van der Waals surface area contributed by atoms with Crippen LogP contribution >= 0.6 is 0 Å². The first kappa shape index (κ1) is 60.1. The van der Waals surface area contributed by atoms with Crippen LogP contribution in [0.15, 0.2) is 12.2 Å². The van der Waals surface area contributed by atoms with E-state index in [4.69, 9.17) is 0 Å². The maximum Gasteiger partial charge on any atom is 0.220 e. The molecule has 0 aromatic carbocycles. The van der Waals surface area contributed by atoms with Crippen LogP contribution in [0.2, 0.25) is 0 Å². The molecule has 3 N–H and O–H groups in total. The summed E-state index contributed by atoms with van der Waals surface area (Å²) in [6, 6.07) is -0.616. The van der Waals surface area contributed by atoms with Crippen molar-refractivity contribution in [1.82, 2.24) is 5.32 Å². The number of rotatable bonds is 53. The molecule has 0 aliphatic rings. The molecular weight excluding hydrogens is 747 g/mol. The summed E-state index contributed by atoms with van der Waals surface area (Å²) in [6.45, 7) is 4.32. The van der Waals surface area contributed by atoms with E-state index >= 15 is 0 Å². The van der Waals surface area contributed by atoms with Crippen molar-refractivity contribution in [1.29, 1.82) is 0 Å². The van der Waals surface area contributed by atoms with Gasteiger partial charge in [0.15, 0.2) is 0 Å². The van der Waals surface area contributed by atoms with Gasteiger partial charge in [0.1, 0.15) is 0 Å². The van der Waals surface area contributed by atoms with Crippen LogP contribution in [0.3, 0.4) is 0 Å². The Morgan fingerprint density at radius 1 is 0.377 bits per heavy atom. The smallest absolute Gasteiger partial charge is 0.220 e. The second kappa shape index (κ2) is 53.5. The van der Waals surface area contributed by atoms with Crippen LogP contribution in [0, 0.1) is 0 Å². The number of aliphatic hydroxyl groups excluding tert-OH is 2. The number of unbranched alkanes of at least 4 members (excludes halogenated alkanes) is 46. The summed E-state index contributed by atoms with van der Waals surface area (Å²) in [4.78, 5) is 12.4. The predicted octanol–water partition coefficient (Wildman–Crippen LogP) is 18.5. The molecule has 0 aromatic heterocycles. The Hall–Kier alpha value is -0.870. The number of carbonyl (C=O) groups is 1. The van der Waals surface area contributed by atoms with E-state index in [1.54, 1.807) is 6.08 Å². The first-order valence-electron chi connectivity index (χ1n) is 28.4. The van der Waals surface area contributed by atoms with Gasteiger partial charge in [0, 0.05) is 6.42 Å². The number of hydrogen-bond acceptors (Lipinski definition) is 3. The number of aliphatic hydroxyl groups is 2. The standard InChI is InChI=1S/C57H113NO3/c1-3-5-7-9-11-13-15-16-17-18-19-20-21-22-23-24-25-26-27-28-29-30-31-32-33-34-35-36-37-38-39-40-41-43-45-47-49-51-53-57(61)58-55(54-59)56(60)52-50-48-46-44-42-14-12-10-8-6-4-2/h50,52,55-56,59-60H,3-49,51,53-54H2,1-2H3,(H,58,61)/b52-50+. The Kier molecular flexibility index (Phi) is 52.7. The second-order valence-corrected chi connectivity index (χ2v) is 19.7. The number of hydrogen-bond donors (Lipinski definition) is 3. The van der Waals surface area contributed by atoms with Crippen LogP contribution in [-0.2, 0) is 4.79 Å². The van der Waals surface area contributed by atoms with Crippen molar-refractivity contribution in [2.75, 3.05) is 6.61 Å². The average molecular weight is 861 g/mol. The lowest BCUT2D eigenvalue weighted by molar-refractivity contribution is -0.123. The summed E-state index contributed by atoms with van der Waals surface area (Å²) in [5.74, 6) is -0.0585. The van der Waals surface area contributed by atoms with Crippen molar-refractivity contribution in [3.63, 3.8) is 0 Å². The molecule has 0 aliphatic heterocycles. The summed E-state index contributed by atoms with van der Waals surface area (Å²) in [5.41, 5.74) is 0. The van der Waals surface area contributed by atoms with Gasteiger partial charge >= 0.3 is 0 Å². The van der Waals surface area contributed by atoms with Gasteiger partial charge in [-0.2, -0.15) is 0 Å². The van der Waals surface area contributed by atoms with E-state index in [2.05, 4.69) is 19.2 Å². The highest BCUT2D eigenvalue weighted by atomic mass is 16.3. The summed E-state index contributed by atoms with van der Waals surface area (Å²) < 4.78 is 0. The minimum atomic E-state index is -0.833. The first-order chi connectivity index (χ1) is 30.2. The van der Waals surface area contributed by atoms with Crippen LogP contribution in [0.5, 0.6) is 0 Å². The highest BCUT2D eigenvalue weighted by molar-refractivity contribution is 5.76. The van der Waals surface area contributed by atoms with Gasteiger partial charge in [-0.15, -0.1) is 0 Å². The van der Waals surface area contributed by atoms with E-state index in [0.717, 1.165) is 25.7 Å². The molecule has 2 atom stereocenters. The summed E-state index contributed by atoms with van der Waals surface area (Å²) in [5, 5.41) is 23.0. The molecule has 2 unspecified atom stereocenters. The molecule has 4 heteroatoms. The fourth-order valence-electron chi connectivity index (χ4n) is 9.18.